The first-order valence-electron chi connectivity index (χ1n) is 6.89. The standard InChI is InChI=1S/C17H23N/c1-13(2)11-12-18-14(3)16-10-6-8-15-7-4-5-9-17(15)16/h4-10,13-14,18H,11-12H2,1-3H3. The fraction of sp³-hybridized carbons (Fsp3) is 0.412. The quantitative estimate of drug-likeness (QED) is 0.810. The van der Waals surface area contributed by atoms with Crippen LogP contribution in [0.5, 0.6) is 0 Å². The van der Waals surface area contributed by atoms with Gasteiger partial charge >= 0.3 is 0 Å². The summed E-state index contributed by atoms with van der Waals surface area (Å²) in [6.07, 6.45) is 1.23. The summed E-state index contributed by atoms with van der Waals surface area (Å²) in [6, 6.07) is 15.6. The van der Waals surface area contributed by atoms with Gasteiger partial charge in [0.25, 0.3) is 0 Å². The van der Waals surface area contributed by atoms with Crippen molar-refractivity contribution in [1.29, 1.82) is 0 Å². The number of hydrogen-bond acceptors (Lipinski definition) is 1. The van der Waals surface area contributed by atoms with E-state index in [1.807, 2.05) is 0 Å². The Bertz CT molecular complexity index is 496. The lowest BCUT2D eigenvalue weighted by molar-refractivity contribution is 0.498. The van der Waals surface area contributed by atoms with Crippen LogP contribution < -0.4 is 5.32 Å². The van der Waals surface area contributed by atoms with Crippen molar-refractivity contribution >= 4 is 10.8 Å². The van der Waals surface area contributed by atoms with E-state index in [1.54, 1.807) is 0 Å². The summed E-state index contributed by atoms with van der Waals surface area (Å²) >= 11 is 0. The molecule has 96 valence electrons. The number of nitrogens with one attached hydrogen (secondary N) is 1. The maximum Gasteiger partial charge on any atom is 0.0297 e. The smallest absolute Gasteiger partial charge is 0.0297 e. The van der Waals surface area contributed by atoms with Gasteiger partial charge in [0.1, 0.15) is 0 Å². The largest absolute Gasteiger partial charge is 0.310 e. The van der Waals surface area contributed by atoms with Gasteiger partial charge in [-0.25, -0.2) is 0 Å². The van der Waals surface area contributed by atoms with E-state index in [0.29, 0.717) is 6.04 Å². The topological polar surface area (TPSA) is 12.0 Å². The number of fused-ring (bicyclic) bond motifs is 1. The number of rotatable bonds is 5. The van der Waals surface area contributed by atoms with Gasteiger partial charge in [0.05, 0.1) is 0 Å². The minimum atomic E-state index is 0.412. The van der Waals surface area contributed by atoms with Gasteiger partial charge < -0.3 is 5.32 Å². The van der Waals surface area contributed by atoms with E-state index in [2.05, 4.69) is 68.6 Å². The van der Waals surface area contributed by atoms with E-state index in [4.69, 9.17) is 0 Å². The van der Waals surface area contributed by atoms with Crippen LogP contribution in [0.2, 0.25) is 0 Å². The van der Waals surface area contributed by atoms with Gasteiger partial charge in [-0.2, -0.15) is 0 Å². The molecule has 0 spiro atoms. The summed E-state index contributed by atoms with van der Waals surface area (Å²) in [5.74, 6) is 0.761. The first-order chi connectivity index (χ1) is 8.68. The van der Waals surface area contributed by atoms with Crippen LogP contribution in [0.4, 0.5) is 0 Å². The fourth-order valence-corrected chi connectivity index (χ4v) is 2.33. The predicted molar refractivity (Wildman–Crippen MR) is 79.8 cm³/mol. The average Bonchev–Trinajstić information content (AvgIpc) is 2.37. The van der Waals surface area contributed by atoms with Gasteiger partial charge in [0.15, 0.2) is 0 Å². The van der Waals surface area contributed by atoms with Crippen molar-refractivity contribution < 1.29 is 0 Å². The Morgan fingerprint density at radius 2 is 1.67 bits per heavy atom. The lowest BCUT2D eigenvalue weighted by Crippen LogP contribution is -2.21. The molecule has 0 heterocycles. The lowest BCUT2D eigenvalue weighted by Gasteiger charge is -2.17. The maximum absolute atomic E-state index is 3.62. The van der Waals surface area contributed by atoms with E-state index in [1.165, 1.54) is 22.8 Å². The third-order valence-electron chi connectivity index (χ3n) is 3.46. The van der Waals surface area contributed by atoms with Crippen LogP contribution in [-0.4, -0.2) is 6.54 Å². The van der Waals surface area contributed by atoms with Gasteiger partial charge in [0.2, 0.25) is 0 Å². The first-order valence-corrected chi connectivity index (χ1v) is 6.89. The summed E-state index contributed by atoms with van der Waals surface area (Å²) in [6.45, 7) is 7.87. The fourth-order valence-electron chi connectivity index (χ4n) is 2.33. The second kappa shape index (κ2) is 6.01. The zero-order valence-corrected chi connectivity index (χ0v) is 11.6. The molecule has 18 heavy (non-hydrogen) atoms. The molecular formula is C17H23N. The maximum atomic E-state index is 3.62. The Balaban J connectivity index is 2.15. The van der Waals surface area contributed by atoms with Crippen LogP contribution in [0.1, 0.15) is 38.8 Å². The molecule has 0 amide bonds. The predicted octanol–water partition coefficient (Wildman–Crippen LogP) is 4.54. The normalized spacial score (nSPS) is 13.1. The van der Waals surface area contributed by atoms with E-state index >= 15 is 0 Å². The first kappa shape index (κ1) is 13.1. The SMILES string of the molecule is CC(C)CCNC(C)c1cccc2ccccc12. The Morgan fingerprint density at radius 1 is 0.944 bits per heavy atom. The zero-order valence-electron chi connectivity index (χ0n) is 11.6. The highest BCUT2D eigenvalue weighted by molar-refractivity contribution is 5.86. The second-order valence-corrected chi connectivity index (χ2v) is 5.43. The minimum absolute atomic E-state index is 0.412. The molecule has 0 fully saturated rings. The van der Waals surface area contributed by atoms with Crippen LogP contribution in [0.3, 0.4) is 0 Å². The van der Waals surface area contributed by atoms with Crippen molar-refractivity contribution in [2.24, 2.45) is 5.92 Å². The number of hydrogen-bond donors (Lipinski definition) is 1. The molecule has 1 N–H and O–H groups in total. The van der Waals surface area contributed by atoms with Gasteiger partial charge in [-0.15, -0.1) is 0 Å². The highest BCUT2D eigenvalue weighted by Gasteiger charge is 2.08. The monoisotopic (exact) mass is 241 g/mol. The molecule has 0 radical (unpaired) electrons. The number of benzene rings is 2. The van der Waals surface area contributed by atoms with E-state index < -0.39 is 0 Å². The molecule has 0 saturated carbocycles. The molecule has 1 nitrogen and oxygen atoms in total. The van der Waals surface area contributed by atoms with Crippen LogP contribution in [0.15, 0.2) is 42.5 Å². The Kier molecular flexibility index (Phi) is 4.38. The molecule has 0 aromatic heterocycles. The molecule has 2 aromatic rings. The van der Waals surface area contributed by atoms with Gasteiger partial charge in [-0.1, -0.05) is 56.3 Å². The van der Waals surface area contributed by atoms with Crippen LogP contribution in [0, 0.1) is 5.92 Å². The van der Waals surface area contributed by atoms with E-state index in [0.717, 1.165) is 12.5 Å². The van der Waals surface area contributed by atoms with Gasteiger partial charge in [0, 0.05) is 6.04 Å². The van der Waals surface area contributed by atoms with Crippen molar-refractivity contribution in [2.45, 2.75) is 33.2 Å². The summed E-state index contributed by atoms with van der Waals surface area (Å²) in [5.41, 5.74) is 1.40. The second-order valence-electron chi connectivity index (χ2n) is 5.43. The highest BCUT2D eigenvalue weighted by atomic mass is 14.9. The molecule has 0 aliphatic rings. The van der Waals surface area contributed by atoms with Gasteiger partial charge in [-0.3, -0.25) is 0 Å². The summed E-state index contributed by atoms with van der Waals surface area (Å²) in [4.78, 5) is 0. The molecule has 1 atom stereocenters. The van der Waals surface area contributed by atoms with Crippen LogP contribution in [-0.2, 0) is 0 Å². The van der Waals surface area contributed by atoms with Crippen molar-refractivity contribution in [3.63, 3.8) is 0 Å². The van der Waals surface area contributed by atoms with Crippen molar-refractivity contribution in [2.75, 3.05) is 6.54 Å². The van der Waals surface area contributed by atoms with E-state index in [-0.39, 0.29) is 0 Å². The lowest BCUT2D eigenvalue weighted by atomic mass is 9.99. The summed E-state index contributed by atoms with van der Waals surface area (Å²) in [7, 11) is 0. The third kappa shape index (κ3) is 3.11. The molecule has 1 heteroatoms. The average molecular weight is 241 g/mol. The minimum Gasteiger partial charge on any atom is -0.310 e. The molecule has 2 aromatic carbocycles. The molecule has 2 rings (SSSR count). The van der Waals surface area contributed by atoms with Crippen molar-refractivity contribution in [1.82, 2.24) is 5.32 Å². The highest BCUT2D eigenvalue weighted by Crippen LogP contribution is 2.23. The van der Waals surface area contributed by atoms with Crippen molar-refractivity contribution in [3.05, 3.63) is 48.0 Å². The Hall–Kier alpha value is -1.34. The van der Waals surface area contributed by atoms with Crippen LogP contribution >= 0.6 is 0 Å². The van der Waals surface area contributed by atoms with Crippen LogP contribution in [0.25, 0.3) is 10.8 Å². The summed E-state index contributed by atoms with van der Waals surface area (Å²) < 4.78 is 0. The zero-order chi connectivity index (χ0) is 13.0. The molecule has 0 aliphatic heterocycles. The van der Waals surface area contributed by atoms with Gasteiger partial charge in [-0.05, 0) is 42.1 Å². The Morgan fingerprint density at radius 3 is 2.44 bits per heavy atom. The molecule has 0 saturated heterocycles. The molecule has 0 aliphatic carbocycles. The third-order valence-corrected chi connectivity index (χ3v) is 3.46. The van der Waals surface area contributed by atoms with E-state index in [9.17, 15) is 0 Å². The summed E-state index contributed by atoms with van der Waals surface area (Å²) in [5, 5.41) is 6.31. The molecule has 1 unspecified atom stereocenters. The molecule has 0 bridgehead atoms. The molecular weight excluding hydrogens is 218 g/mol. The van der Waals surface area contributed by atoms with Crippen molar-refractivity contribution in [3.8, 4) is 0 Å². The Labute approximate surface area is 110 Å².